The van der Waals surface area contributed by atoms with Gasteiger partial charge < -0.3 is 19.4 Å². The zero-order valence-corrected chi connectivity index (χ0v) is 18.3. The third kappa shape index (κ3) is 5.46. The monoisotopic (exact) mass is 445 g/mol. The maximum Gasteiger partial charge on any atom is 0.336 e. The number of esters is 1. The molecule has 1 aliphatic carbocycles. The molecule has 1 aliphatic heterocycles. The molecule has 1 N–H and O–H groups in total. The number of aliphatic carboxylic acids is 1. The van der Waals surface area contributed by atoms with Gasteiger partial charge in [0.25, 0.3) is 5.09 Å². The van der Waals surface area contributed by atoms with Crippen LogP contribution in [0.4, 0.5) is 0 Å². The van der Waals surface area contributed by atoms with Crippen molar-refractivity contribution in [1.82, 2.24) is 0 Å². The Bertz CT molecular complexity index is 978. The molecule has 0 bridgehead atoms. The van der Waals surface area contributed by atoms with Crippen LogP contribution in [0.3, 0.4) is 0 Å². The van der Waals surface area contributed by atoms with Crippen LogP contribution in [0.5, 0.6) is 11.5 Å². The van der Waals surface area contributed by atoms with Gasteiger partial charge in [-0.2, -0.15) is 0 Å². The highest BCUT2D eigenvalue weighted by atomic mass is 16.9. The second kappa shape index (κ2) is 9.42. The third-order valence-electron chi connectivity index (χ3n) is 5.93. The lowest BCUT2D eigenvalue weighted by molar-refractivity contribution is -0.757. The molecule has 0 aromatic heterocycles. The van der Waals surface area contributed by atoms with Gasteiger partial charge in [-0.25, -0.2) is 9.59 Å². The smallest absolute Gasteiger partial charge is 0.336 e. The van der Waals surface area contributed by atoms with Gasteiger partial charge >= 0.3 is 11.9 Å². The largest absolute Gasteiger partial charge is 0.487 e. The fourth-order valence-corrected chi connectivity index (χ4v) is 4.53. The molecule has 0 saturated heterocycles. The molecule has 9 heteroatoms. The Labute approximate surface area is 185 Å². The molecule has 3 rings (SSSR count). The molecule has 0 amide bonds. The topological polar surface area (TPSA) is 125 Å². The van der Waals surface area contributed by atoms with Gasteiger partial charge in [-0.05, 0) is 64.2 Å². The fourth-order valence-electron chi connectivity index (χ4n) is 4.53. The number of carboxylic acids is 1. The highest BCUT2D eigenvalue weighted by molar-refractivity contribution is 5.92. The SMILES string of the molecule is CC1=CC[C@@H]2[C@@H](C1)c1c(OC(=O)C=CC(=O)O)cc(CCCO[N+](=O)[O-])cc1OC2(C)C. The summed E-state index contributed by atoms with van der Waals surface area (Å²) >= 11 is 0. The summed E-state index contributed by atoms with van der Waals surface area (Å²) in [7, 11) is 0. The van der Waals surface area contributed by atoms with E-state index in [1.807, 2.05) is 19.9 Å². The van der Waals surface area contributed by atoms with Gasteiger partial charge in [0.05, 0.1) is 6.61 Å². The second-order valence-corrected chi connectivity index (χ2v) is 8.67. The number of nitrogens with zero attached hydrogens (tertiary/aromatic N) is 1. The Hall–Kier alpha value is -3.36. The van der Waals surface area contributed by atoms with E-state index in [0.717, 1.165) is 36.1 Å². The normalized spacial score (nSPS) is 21.0. The van der Waals surface area contributed by atoms with Crippen LogP contribution in [-0.2, 0) is 20.8 Å². The predicted octanol–water partition coefficient (Wildman–Crippen LogP) is 3.98. The van der Waals surface area contributed by atoms with E-state index in [4.69, 9.17) is 14.6 Å². The lowest BCUT2D eigenvalue weighted by Crippen LogP contribution is -2.45. The molecule has 0 spiro atoms. The number of fused-ring (bicyclic) bond motifs is 3. The second-order valence-electron chi connectivity index (χ2n) is 8.67. The van der Waals surface area contributed by atoms with Gasteiger partial charge in [-0.1, -0.05) is 11.6 Å². The van der Waals surface area contributed by atoms with Crippen LogP contribution >= 0.6 is 0 Å². The lowest BCUT2D eigenvalue weighted by Gasteiger charge is -2.47. The Kier molecular flexibility index (Phi) is 6.86. The van der Waals surface area contributed by atoms with E-state index < -0.39 is 22.6 Å². The number of allylic oxidation sites excluding steroid dienone is 2. The van der Waals surface area contributed by atoms with Crippen molar-refractivity contribution in [3.63, 3.8) is 0 Å². The van der Waals surface area contributed by atoms with Crippen LogP contribution in [0, 0.1) is 16.0 Å². The maximum atomic E-state index is 12.3. The van der Waals surface area contributed by atoms with Crippen molar-refractivity contribution in [2.24, 2.45) is 5.92 Å². The predicted molar refractivity (Wildman–Crippen MR) is 114 cm³/mol. The number of benzene rings is 1. The number of aryl methyl sites for hydroxylation is 1. The van der Waals surface area contributed by atoms with E-state index in [2.05, 4.69) is 17.8 Å². The zero-order chi connectivity index (χ0) is 23.5. The summed E-state index contributed by atoms with van der Waals surface area (Å²) in [6.45, 7) is 6.10. The van der Waals surface area contributed by atoms with E-state index in [9.17, 15) is 19.7 Å². The summed E-state index contributed by atoms with van der Waals surface area (Å²) in [5.74, 6) is -0.840. The quantitative estimate of drug-likeness (QED) is 0.121. The molecule has 0 radical (unpaired) electrons. The first-order valence-electron chi connectivity index (χ1n) is 10.5. The Morgan fingerprint density at radius 2 is 2.09 bits per heavy atom. The minimum atomic E-state index is -1.25. The van der Waals surface area contributed by atoms with Crippen LogP contribution in [0.2, 0.25) is 0 Å². The van der Waals surface area contributed by atoms with E-state index in [-0.39, 0.29) is 18.4 Å². The maximum absolute atomic E-state index is 12.3. The van der Waals surface area contributed by atoms with Crippen molar-refractivity contribution in [3.8, 4) is 11.5 Å². The Balaban J connectivity index is 1.98. The first kappa shape index (κ1) is 23.3. The summed E-state index contributed by atoms with van der Waals surface area (Å²) in [5, 5.41) is 18.3. The molecule has 0 saturated carbocycles. The minimum absolute atomic E-state index is 0.0540. The first-order valence-corrected chi connectivity index (χ1v) is 10.5. The van der Waals surface area contributed by atoms with Crippen LogP contribution in [0.25, 0.3) is 0 Å². The number of hydrogen-bond acceptors (Lipinski definition) is 7. The first-order chi connectivity index (χ1) is 15.1. The number of rotatable bonds is 8. The van der Waals surface area contributed by atoms with Crippen molar-refractivity contribution in [2.45, 2.75) is 58.0 Å². The van der Waals surface area contributed by atoms with Crippen LogP contribution < -0.4 is 9.47 Å². The summed E-state index contributed by atoms with van der Waals surface area (Å²) in [6.07, 6.45) is 6.29. The van der Waals surface area contributed by atoms with Crippen LogP contribution in [0.15, 0.2) is 35.9 Å². The van der Waals surface area contributed by atoms with Gasteiger partial charge in [-0.3, -0.25) is 0 Å². The van der Waals surface area contributed by atoms with E-state index >= 15 is 0 Å². The average molecular weight is 445 g/mol. The average Bonchev–Trinajstić information content (AvgIpc) is 2.68. The molecule has 0 unspecified atom stereocenters. The van der Waals surface area contributed by atoms with Crippen molar-refractivity contribution in [3.05, 3.63) is 57.2 Å². The summed E-state index contributed by atoms with van der Waals surface area (Å²) in [4.78, 5) is 37.8. The standard InChI is InChI=1S/C23H27NO8/c1-14-6-7-17-16(11-14)22-18(31-21(27)9-8-20(25)26)12-15(5-4-10-30-24(28)29)13-19(22)32-23(17,2)3/h6,8-9,12-13,16-17H,4-5,7,10-11H2,1-3H3,(H,25,26)/t16-,17-/m1/s1. The fraction of sp³-hybridized carbons (Fsp3) is 0.478. The molecule has 1 heterocycles. The highest BCUT2D eigenvalue weighted by Gasteiger charge is 2.46. The summed E-state index contributed by atoms with van der Waals surface area (Å²) in [5.41, 5.74) is 2.38. The number of carboxylic acid groups (broad SMARTS) is 1. The summed E-state index contributed by atoms with van der Waals surface area (Å²) in [6, 6.07) is 3.61. The molecular formula is C23H27NO8. The molecule has 9 nitrogen and oxygen atoms in total. The van der Waals surface area contributed by atoms with Gasteiger partial charge in [0.2, 0.25) is 0 Å². The number of carbonyl (C=O) groups is 2. The van der Waals surface area contributed by atoms with E-state index in [1.165, 1.54) is 5.57 Å². The molecule has 32 heavy (non-hydrogen) atoms. The van der Waals surface area contributed by atoms with E-state index in [1.54, 1.807) is 6.07 Å². The minimum Gasteiger partial charge on any atom is -0.487 e. The zero-order valence-electron chi connectivity index (χ0n) is 18.3. The molecule has 1 aromatic carbocycles. The molecule has 0 fully saturated rings. The molecular weight excluding hydrogens is 418 g/mol. The number of carbonyl (C=O) groups excluding carboxylic acids is 1. The van der Waals surface area contributed by atoms with Crippen molar-refractivity contribution >= 4 is 11.9 Å². The lowest BCUT2D eigenvalue weighted by atomic mass is 9.67. The molecule has 2 aliphatic rings. The van der Waals surface area contributed by atoms with Crippen molar-refractivity contribution in [2.75, 3.05) is 6.61 Å². The van der Waals surface area contributed by atoms with Crippen LogP contribution in [-0.4, -0.2) is 34.3 Å². The molecule has 2 atom stereocenters. The summed E-state index contributed by atoms with van der Waals surface area (Å²) < 4.78 is 11.9. The van der Waals surface area contributed by atoms with Crippen molar-refractivity contribution < 1.29 is 34.1 Å². The van der Waals surface area contributed by atoms with Gasteiger partial charge in [0, 0.05) is 29.6 Å². The molecule has 1 aromatic rings. The van der Waals surface area contributed by atoms with Crippen LogP contribution in [0.1, 0.15) is 57.1 Å². The molecule has 172 valence electrons. The Morgan fingerprint density at radius 1 is 1.34 bits per heavy atom. The van der Waals surface area contributed by atoms with Gasteiger partial charge in [-0.15, -0.1) is 10.1 Å². The number of hydrogen-bond donors (Lipinski definition) is 1. The van der Waals surface area contributed by atoms with Crippen molar-refractivity contribution in [1.29, 1.82) is 0 Å². The van der Waals surface area contributed by atoms with E-state index in [0.29, 0.717) is 24.3 Å². The Morgan fingerprint density at radius 3 is 2.78 bits per heavy atom. The highest BCUT2D eigenvalue weighted by Crippen LogP contribution is 2.54. The number of ether oxygens (including phenoxy) is 2. The third-order valence-corrected chi connectivity index (χ3v) is 5.93. The van der Waals surface area contributed by atoms with Gasteiger partial charge in [0.15, 0.2) is 0 Å². The van der Waals surface area contributed by atoms with Gasteiger partial charge in [0.1, 0.15) is 17.1 Å².